The SMILES string of the molecule is O=C(O)C(Cc1ccccc1)C(CCc1ccccc1)C(c1ccccc1)c1ccccc1. The number of rotatable bonds is 10. The van der Waals surface area contributed by atoms with Gasteiger partial charge in [-0.15, -0.1) is 0 Å². The van der Waals surface area contributed by atoms with Gasteiger partial charge in [0.05, 0.1) is 5.92 Å². The molecule has 2 heteroatoms. The lowest BCUT2D eigenvalue weighted by Crippen LogP contribution is -2.31. The number of aryl methyl sites for hydroxylation is 1. The monoisotopic (exact) mass is 434 g/mol. The first kappa shape index (κ1) is 22.5. The Bertz CT molecular complexity index is 1070. The molecule has 0 aromatic heterocycles. The van der Waals surface area contributed by atoms with E-state index in [1.807, 2.05) is 72.8 Å². The summed E-state index contributed by atoms with van der Waals surface area (Å²) in [5.41, 5.74) is 4.64. The van der Waals surface area contributed by atoms with E-state index in [2.05, 4.69) is 48.5 Å². The number of hydrogen-bond acceptors (Lipinski definition) is 1. The van der Waals surface area contributed by atoms with E-state index in [0.717, 1.165) is 18.4 Å². The zero-order valence-corrected chi connectivity index (χ0v) is 18.8. The molecule has 0 saturated heterocycles. The number of benzene rings is 4. The first-order valence-corrected chi connectivity index (χ1v) is 11.6. The fourth-order valence-electron chi connectivity index (χ4n) is 4.88. The Morgan fingerprint density at radius 1 is 0.606 bits per heavy atom. The summed E-state index contributed by atoms with van der Waals surface area (Å²) in [4.78, 5) is 12.7. The highest BCUT2D eigenvalue weighted by molar-refractivity contribution is 5.71. The van der Waals surface area contributed by atoms with Crippen LogP contribution in [0.25, 0.3) is 0 Å². The van der Waals surface area contributed by atoms with Crippen molar-refractivity contribution in [3.05, 3.63) is 144 Å². The van der Waals surface area contributed by atoms with E-state index in [-0.39, 0.29) is 11.8 Å². The van der Waals surface area contributed by atoms with Gasteiger partial charge in [-0.05, 0) is 47.4 Å². The molecule has 1 N–H and O–H groups in total. The van der Waals surface area contributed by atoms with Gasteiger partial charge in [0.1, 0.15) is 0 Å². The van der Waals surface area contributed by atoms with Crippen LogP contribution in [0.15, 0.2) is 121 Å². The normalized spacial score (nSPS) is 12.9. The summed E-state index contributed by atoms with van der Waals surface area (Å²) >= 11 is 0. The Balaban J connectivity index is 1.76. The van der Waals surface area contributed by atoms with Gasteiger partial charge in [-0.25, -0.2) is 0 Å². The van der Waals surface area contributed by atoms with Crippen LogP contribution in [0.3, 0.4) is 0 Å². The molecule has 166 valence electrons. The van der Waals surface area contributed by atoms with E-state index in [0.29, 0.717) is 6.42 Å². The maximum absolute atomic E-state index is 12.7. The summed E-state index contributed by atoms with van der Waals surface area (Å²) in [6, 6.07) is 41.2. The number of aliphatic carboxylic acids is 1. The Morgan fingerprint density at radius 3 is 1.48 bits per heavy atom. The highest BCUT2D eigenvalue weighted by Crippen LogP contribution is 2.40. The van der Waals surface area contributed by atoms with Gasteiger partial charge < -0.3 is 5.11 Å². The van der Waals surface area contributed by atoms with Crippen LogP contribution >= 0.6 is 0 Å². The molecular weight excluding hydrogens is 404 g/mol. The minimum atomic E-state index is -0.728. The Kier molecular flexibility index (Phi) is 7.71. The van der Waals surface area contributed by atoms with Gasteiger partial charge in [-0.3, -0.25) is 4.79 Å². The van der Waals surface area contributed by atoms with Crippen LogP contribution in [0, 0.1) is 11.8 Å². The largest absolute Gasteiger partial charge is 0.481 e. The first-order valence-electron chi connectivity index (χ1n) is 11.6. The highest BCUT2D eigenvalue weighted by atomic mass is 16.4. The van der Waals surface area contributed by atoms with Crippen molar-refractivity contribution in [1.29, 1.82) is 0 Å². The van der Waals surface area contributed by atoms with Crippen LogP contribution in [0.4, 0.5) is 0 Å². The number of carboxylic acids is 1. The van der Waals surface area contributed by atoms with Crippen molar-refractivity contribution in [3.63, 3.8) is 0 Å². The molecule has 4 rings (SSSR count). The third-order valence-corrected chi connectivity index (χ3v) is 6.49. The van der Waals surface area contributed by atoms with Gasteiger partial charge in [0, 0.05) is 5.92 Å². The van der Waals surface area contributed by atoms with Crippen molar-refractivity contribution >= 4 is 5.97 Å². The molecule has 0 spiro atoms. The molecule has 2 unspecified atom stereocenters. The lowest BCUT2D eigenvalue weighted by atomic mass is 9.70. The minimum Gasteiger partial charge on any atom is -0.481 e. The van der Waals surface area contributed by atoms with E-state index in [1.165, 1.54) is 16.7 Å². The van der Waals surface area contributed by atoms with Crippen LogP contribution in [0.2, 0.25) is 0 Å². The van der Waals surface area contributed by atoms with Crippen molar-refractivity contribution in [2.75, 3.05) is 0 Å². The molecule has 0 aliphatic carbocycles. The van der Waals surface area contributed by atoms with Crippen molar-refractivity contribution in [2.45, 2.75) is 25.2 Å². The fraction of sp³-hybridized carbons (Fsp3) is 0.194. The number of hydrogen-bond donors (Lipinski definition) is 1. The van der Waals surface area contributed by atoms with Crippen molar-refractivity contribution in [2.24, 2.45) is 11.8 Å². The van der Waals surface area contributed by atoms with Crippen molar-refractivity contribution in [3.8, 4) is 0 Å². The Morgan fingerprint density at radius 2 is 1.03 bits per heavy atom. The minimum absolute atomic E-state index is 0.000856. The third kappa shape index (κ3) is 5.98. The van der Waals surface area contributed by atoms with Crippen LogP contribution in [-0.2, 0) is 17.6 Å². The molecule has 4 aromatic rings. The fourth-order valence-corrected chi connectivity index (χ4v) is 4.88. The third-order valence-electron chi connectivity index (χ3n) is 6.49. The molecule has 0 fully saturated rings. The molecule has 4 aromatic carbocycles. The molecule has 0 aliphatic rings. The Labute approximate surface area is 196 Å². The second-order valence-electron chi connectivity index (χ2n) is 8.62. The van der Waals surface area contributed by atoms with E-state index in [4.69, 9.17) is 0 Å². The Hall–Kier alpha value is -3.65. The summed E-state index contributed by atoms with van der Waals surface area (Å²) in [5, 5.41) is 10.4. The zero-order valence-electron chi connectivity index (χ0n) is 18.8. The smallest absolute Gasteiger partial charge is 0.307 e. The van der Waals surface area contributed by atoms with Gasteiger partial charge in [0.2, 0.25) is 0 Å². The average molecular weight is 435 g/mol. The number of carbonyl (C=O) groups is 1. The molecule has 0 aliphatic heterocycles. The lowest BCUT2D eigenvalue weighted by Gasteiger charge is -2.33. The van der Waals surface area contributed by atoms with Gasteiger partial charge in [0.15, 0.2) is 0 Å². The van der Waals surface area contributed by atoms with E-state index < -0.39 is 11.9 Å². The van der Waals surface area contributed by atoms with Crippen molar-refractivity contribution < 1.29 is 9.90 Å². The van der Waals surface area contributed by atoms with Crippen molar-refractivity contribution in [1.82, 2.24) is 0 Å². The van der Waals surface area contributed by atoms with E-state index >= 15 is 0 Å². The summed E-state index contributed by atoms with van der Waals surface area (Å²) < 4.78 is 0. The quantitative estimate of drug-likeness (QED) is 0.291. The average Bonchev–Trinajstić information content (AvgIpc) is 2.87. The molecule has 0 radical (unpaired) electrons. The van der Waals surface area contributed by atoms with Gasteiger partial charge in [0.25, 0.3) is 0 Å². The van der Waals surface area contributed by atoms with E-state index in [9.17, 15) is 9.90 Å². The molecular formula is C31H30O2. The summed E-state index contributed by atoms with van der Waals surface area (Å²) in [6.45, 7) is 0. The second-order valence-corrected chi connectivity index (χ2v) is 8.62. The topological polar surface area (TPSA) is 37.3 Å². The standard InChI is InChI=1S/C31H30O2/c32-31(33)29(23-25-15-7-2-8-16-25)28(22-21-24-13-5-1-6-14-24)30(26-17-9-3-10-18-26)27-19-11-4-12-20-27/h1-20,28-30H,21-23H2,(H,32,33). The first-order chi connectivity index (χ1) is 16.2. The van der Waals surface area contributed by atoms with E-state index in [1.54, 1.807) is 0 Å². The molecule has 0 saturated carbocycles. The van der Waals surface area contributed by atoms with Crippen LogP contribution < -0.4 is 0 Å². The summed E-state index contributed by atoms with van der Waals surface area (Å²) in [7, 11) is 0. The predicted molar refractivity (Wildman–Crippen MR) is 134 cm³/mol. The van der Waals surface area contributed by atoms with Gasteiger partial charge >= 0.3 is 5.97 Å². The lowest BCUT2D eigenvalue weighted by molar-refractivity contribution is -0.144. The highest BCUT2D eigenvalue weighted by Gasteiger charge is 2.35. The maximum atomic E-state index is 12.7. The summed E-state index contributed by atoms with van der Waals surface area (Å²) in [6.07, 6.45) is 2.16. The molecule has 0 bridgehead atoms. The second kappa shape index (κ2) is 11.3. The molecule has 33 heavy (non-hydrogen) atoms. The zero-order chi connectivity index (χ0) is 22.9. The van der Waals surface area contributed by atoms with Crippen LogP contribution in [-0.4, -0.2) is 11.1 Å². The van der Waals surface area contributed by atoms with Crippen LogP contribution in [0.5, 0.6) is 0 Å². The molecule has 2 nitrogen and oxygen atoms in total. The number of carboxylic acid groups (broad SMARTS) is 1. The maximum Gasteiger partial charge on any atom is 0.307 e. The van der Waals surface area contributed by atoms with Crippen LogP contribution in [0.1, 0.15) is 34.6 Å². The molecule has 0 amide bonds. The molecule has 0 heterocycles. The summed E-state index contributed by atoms with van der Waals surface area (Å²) in [5.74, 6) is -1.29. The molecule has 2 atom stereocenters. The predicted octanol–water partition coefficient (Wildman–Crippen LogP) is 7.01. The van der Waals surface area contributed by atoms with Gasteiger partial charge in [-0.1, -0.05) is 121 Å². The van der Waals surface area contributed by atoms with Gasteiger partial charge in [-0.2, -0.15) is 0 Å².